The number of hydrogen-bond acceptors (Lipinski definition) is 4. The van der Waals surface area contributed by atoms with E-state index in [4.69, 9.17) is 10.2 Å². The summed E-state index contributed by atoms with van der Waals surface area (Å²) in [5.74, 6) is -0.259. The van der Waals surface area contributed by atoms with Gasteiger partial charge in [-0.15, -0.1) is 0 Å². The van der Waals surface area contributed by atoms with E-state index in [2.05, 4.69) is 70.0 Å². The van der Waals surface area contributed by atoms with Crippen LogP contribution in [0.4, 0.5) is 15.8 Å². The van der Waals surface area contributed by atoms with Crippen LogP contribution in [0.15, 0.2) is 42.5 Å². The van der Waals surface area contributed by atoms with Gasteiger partial charge in [-0.25, -0.2) is 4.39 Å². The van der Waals surface area contributed by atoms with Crippen LogP contribution in [0.25, 0.3) is 0 Å². The summed E-state index contributed by atoms with van der Waals surface area (Å²) in [6.45, 7) is 14.0. The number of anilines is 2. The van der Waals surface area contributed by atoms with Crippen molar-refractivity contribution in [3.05, 3.63) is 59.4 Å². The number of rotatable bonds is 8. The number of hydrogen-bond donors (Lipinski definition) is 4. The zero-order chi connectivity index (χ0) is 23.9. The maximum absolute atomic E-state index is 13.0. The minimum atomic E-state index is -0.259. The van der Waals surface area contributed by atoms with Gasteiger partial charge in [0.1, 0.15) is 5.82 Å². The smallest absolute Gasteiger partial charge is 0.204 e. The molecule has 0 aliphatic rings. The van der Waals surface area contributed by atoms with Crippen LogP contribution in [-0.4, -0.2) is 25.2 Å². The second-order valence-corrected chi connectivity index (χ2v) is 8.16. The lowest BCUT2D eigenvalue weighted by molar-refractivity contribution is -0.106. The van der Waals surface area contributed by atoms with Gasteiger partial charge >= 0.3 is 0 Å². The monoisotopic (exact) mass is 430 g/mol. The minimum absolute atomic E-state index is 0.0219. The molecule has 2 aromatic carbocycles. The number of carbonyl (C=O) groups is 1. The van der Waals surface area contributed by atoms with Crippen molar-refractivity contribution < 1.29 is 9.18 Å². The first-order valence-electron chi connectivity index (χ1n) is 10.7. The van der Waals surface area contributed by atoms with Crippen LogP contribution < -0.4 is 16.4 Å². The van der Waals surface area contributed by atoms with E-state index in [1.54, 1.807) is 12.1 Å². The van der Waals surface area contributed by atoms with Crippen molar-refractivity contribution in [3.8, 4) is 0 Å². The zero-order valence-corrected chi connectivity index (χ0v) is 19.8. The van der Waals surface area contributed by atoms with E-state index in [0.717, 1.165) is 29.9 Å². The molecule has 0 saturated carbocycles. The Bertz CT molecular complexity index is 774. The van der Waals surface area contributed by atoms with E-state index in [1.165, 1.54) is 30.3 Å². The van der Waals surface area contributed by atoms with E-state index >= 15 is 0 Å². The first-order chi connectivity index (χ1) is 14.6. The third-order valence-corrected chi connectivity index (χ3v) is 4.41. The first kappa shape index (κ1) is 28.3. The molecule has 1 amide bonds. The number of carbonyl (C=O) groups excluding carboxylic acids is 1. The van der Waals surface area contributed by atoms with Crippen LogP contribution in [0.5, 0.6) is 0 Å². The van der Waals surface area contributed by atoms with Crippen molar-refractivity contribution in [1.82, 2.24) is 5.32 Å². The van der Waals surface area contributed by atoms with Crippen molar-refractivity contribution in [2.75, 3.05) is 11.9 Å². The normalized spacial score (nSPS) is 10.3. The maximum atomic E-state index is 13.0. The van der Waals surface area contributed by atoms with E-state index in [-0.39, 0.29) is 17.6 Å². The molecular weight excluding hydrogens is 391 g/mol. The fraction of sp³-hybridized carbons (Fsp3) is 0.440. The summed E-state index contributed by atoms with van der Waals surface area (Å²) in [6.07, 6.45) is 3.88. The second-order valence-electron chi connectivity index (χ2n) is 8.16. The molecule has 0 aliphatic carbocycles. The van der Waals surface area contributed by atoms with Crippen LogP contribution >= 0.6 is 0 Å². The molecule has 0 unspecified atom stereocenters. The highest BCUT2D eigenvalue weighted by atomic mass is 19.1. The number of halogens is 1. The summed E-state index contributed by atoms with van der Waals surface area (Å²) >= 11 is 0. The molecular formula is C25H39FN4O. The van der Waals surface area contributed by atoms with Gasteiger partial charge in [0.2, 0.25) is 6.41 Å². The van der Waals surface area contributed by atoms with Crippen molar-refractivity contribution in [2.24, 2.45) is 5.73 Å². The van der Waals surface area contributed by atoms with Gasteiger partial charge < -0.3 is 21.8 Å². The second kappa shape index (κ2) is 15.1. The van der Waals surface area contributed by atoms with Crippen molar-refractivity contribution >= 4 is 24.0 Å². The molecule has 0 spiro atoms. The lowest BCUT2D eigenvalue weighted by atomic mass is 9.80. The number of benzene rings is 2. The summed E-state index contributed by atoms with van der Waals surface area (Å²) in [7, 11) is 0. The zero-order valence-electron chi connectivity index (χ0n) is 19.8. The van der Waals surface area contributed by atoms with Crippen LogP contribution in [0.3, 0.4) is 0 Å². The molecule has 31 heavy (non-hydrogen) atoms. The molecule has 2 rings (SSSR count). The topological polar surface area (TPSA) is 91.0 Å². The highest BCUT2D eigenvalue weighted by molar-refractivity contribution is 5.87. The van der Waals surface area contributed by atoms with Crippen LogP contribution in [0.2, 0.25) is 0 Å². The Morgan fingerprint density at radius 2 is 1.68 bits per heavy atom. The van der Waals surface area contributed by atoms with Gasteiger partial charge in [0.15, 0.2) is 0 Å². The number of nitrogens with one attached hydrogen (secondary N) is 3. The van der Waals surface area contributed by atoms with Crippen LogP contribution in [-0.2, 0) is 10.2 Å². The molecule has 0 aliphatic heterocycles. The van der Waals surface area contributed by atoms with Crippen LogP contribution in [0.1, 0.15) is 65.5 Å². The van der Waals surface area contributed by atoms with Gasteiger partial charge in [-0.1, -0.05) is 54.0 Å². The highest BCUT2D eigenvalue weighted by Crippen LogP contribution is 2.30. The first-order valence-corrected chi connectivity index (χ1v) is 10.7. The Hall–Kier alpha value is -2.73. The molecule has 5 N–H and O–H groups in total. The fourth-order valence-corrected chi connectivity index (χ4v) is 2.72. The summed E-state index contributed by atoms with van der Waals surface area (Å²) in [4.78, 5) is 8.58. The highest BCUT2D eigenvalue weighted by Gasteiger charge is 2.21. The number of nitrogens with two attached hydrogens (primary N) is 1. The van der Waals surface area contributed by atoms with Crippen LogP contribution in [0, 0.1) is 11.2 Å². The Labute approximate surface area is 187 Å². The Balaban J connectivity index is 0.00000134. The molecule has 0 radical (unpaired) electrons. The third-order valence-electron chi connectivity index (χ3n) is 4.41. The average molecular weight is 431 g/mol. The van der Waals surface area contributed by atoms with Gasteiger partial charge in [-0.05, 0) is 60.3 Å². The molecule has 5 nitrogen and oxygen atoms in total. The molecule has 0 saturated heterocycles. The summed E-state index contributed by atoms with van der Waals surface area (Å²) in [5, 5.41) is 14.5. The van der Waals surface area contributed by atoms with Gasteiger partial charge in [-0.3, -0.25) is 4.79 Å². The lowest BCUT2D eigenvalue weighted by Crippen LogP contribution is -2.29. The largest absolute Gasteiger partial charge is 0.372 e. The molecule has 0 fully saturated rings. The summed E-state index contributed by atoms with van der Waals surface area (Å²) < 4.78 is 13.0. The van der Waals surface area contributed by atoms with E-state index < -0.39 is 0 Å². The lowest BCUT2D eigenvalue weighted by Gasteiger charge is -2.27. The molecule has 0 atom stereocenters. The van der Waals surface area contributed by atoms with Crippen molar-refractivity contribution in [3.63, 3.8) is 0 Å². The number of primary amides is 1. The van der Waals surface area contributed by atoms with Gasteiger partial charge in [0.05, 0.1) is 0 Å². The predicted molar refractivity (Wildman–Crippen MR) is 131 cm³/mol. The maximum Gasteiger partial charge on any atom is 0.204 e. The van der Waals surface area contributed by atoms with E-state index in [1.807, 2.05) is 6.07 Å². The van der Waals surface area contributed by atoms with Gasteiger partial charge in [-0.2, -0.15) is 0 Å². The molecule has 0 heterocycles. The Kier molecular flexibility index (Phi) is 13.8. The minimum Gasteiger partial charge on any atom is -0.372 e. The van der Waals surface area contributed by atoms with Gasteiger partial charge in [0.25, 0.3) is 0 Å². The predicted octanol–water partition coefficient (Wildman–Crippen LogP) is 5.75. The molecule has 0 aromatic heterocycles. The Morgan fingerprint density at radius 1 is 1.13 bits per heavy atom. The Morgan fingerprint density at radius 3 is 2.16 bits per heavy atom. The number of amides is 1. The SMILES string of the molecule is CC(C)NCCC(C)(C)c1ccc(Nc2ccc(F)cc2)c(C=N)c1.CCC.NC=O. The van der Waals surface area contributed by atoms with Gasteiger partial charge in [0, 0.05) is 29.2 Å². The molecule has 6 heteroatoms. The average Bonchev–Trinajstić information content (AvgIpc) is 2.70. The summed E-state index contributed by atoms with van der Waals surface area (Å²) in [6, 6.07) is 12.9. The third kappa shape index (κ3) is 11.3. The van der Waals surface area contributed by atoms with Crippen molar-refractivity contribution in [1.29, 1.82) is 5.41 Å². The summed E-state index contributed by atoms with van der Waals surface area (Å²) in [5.41, 5.74) is 7.88. The quantitative estimate of drug-likeness (QED) is 0.317. The molecule has 172 valence electrons. The molecule has 0 bridgehead atoms. The van der Waals surface area contributed by atoms with E-state index in [9.17, 15) is 4.39 Å². The fourth-order valence-electron chi connectivity index (χ4n) is 2.72. The van der Waals surface area contributed by atoms with E-state index in [0.29, 0.717) is 6.04 Å². The molecule has 2 aromatic rings. The van der Waals surface area contributed by atoms with Crippen molar-refractivity contribution in [2.45, 2.75) is 65.8 Å². The standard InChI is InChI=1S/C21H28FN3.C3H8.CH3NO/c1-15(2)24-12-11-21(3,4)17-5-10-20(16(13-17)14-23)25-19-8-6-18(22)7-9-19;1-3-2;2-1-3/h5-10,13-15,23-25H,11-12H2,1-4H3;3H2,1-2H3;1H,(H2,2,3).